The van der Waals surface area contributed by atoms with Gasteiger partial charge in [0, 0.05) is 26.1 Å². The second kappa shape index (κ2) is 8.06. The molecule has 2 aromatic rings. The van der Waals surface area contributed by atoms with E-state index in [0.717, 1.165) is 30.8 Å². The largest absolute Gasteiger partial charge is 0.338 e. The predicted molar refractivity (Wildman–Crippen MR) is 113 cm³/mol. The van der Waals surface area contributed by atoms with Crippen molar-refractivity contribution >= 4 is 29.2 Å². The number of halogens is 1. The first-order valence-corrected chi connectivity index (χ1v) is 10.5. The average molecular weight is 416 g/mol. The van der Waals surface area contributed by atoms with Gasteiger partial charge >= 0.3 is 6.03 Å². The molecule has 1 aromatic carbocycles. The summed E-state index contributed by atoms with van der Waals surface area (Å²) in [7, 11) is 0. The topological polar surface area (TPSA) is 70.5 Å². The molecule has 1 atom stereocenters. The lowest BCUT2D eigenvalue weighted by Crippen LogP contribution is -2.40. The van der Waals surface area contributed by atoms with E-state index in [-0.39, 0.29) is 23.9 Å². The monoisotopic (exact) mass is 415 g/mol. The summed E-state index contributed by atoms with van der Waals surface area (Å²) in [5.74, 6) is 0.345. The maximum Gasteiger partial charge on any atom is 0.322 e. The van der Waals surface area contributed by atoms with E-state index in [1.165, 1.54) is 0 Å². The van der Waals surface area contributed by atoms with Crippen LogP contribution < -0.4 is 5.32 Å². The van der Waals surface area contributed by atoms with Gasteiger partial charge in [-0.25, -0.2) is 9.48 Å². The Bertz CT molecular complexity index is 926. The minimum Gasteiger partial charge on any atom is -0.338 e. The van der Waals surface area contributed by atoms with Gasteiger partial charge in [0.2, 0.25) is 5.91 Å². The number of aromatic nitrogens is 2. The number of urea groups is 1. The zero-order valence-electron chi connectivity index (χ0n) is 16.8. The van der Waals surface area contributed by atoms with Crippen LogP contribution >= 0.6 is 11.6 Å². The summed E-state index contributed by atoms with van der Waals surface area (Å²) < 4.78 is 1.79. The highest BCUT2D eigenvalue weighted by Crippen LogP contribution is 2.30. The van der Waals surface area contributed by atoms with E-state index < -0.39 is 0 Å². The van der Waals surface area contributed by atoms with E-state index in [4.69, 9.17) is 11.6 Å². The Morgan fingerprint density at radius 1 is 1.28 bits per heavy atom. The fourth-order valence-electron chi connectivity index (χ4n) is 4.26. The molecule has 0 aliphatic carbocycles. The number of nitrogens with one attached hydrogen (secondary N) is 1. The van der Waals surface area contributed by atoms with Crippen LogP contribution in [0.4, 0.5) is 10.5 Å². The van der Waals surface area contributed by atoms with E-state index in [1.54, 1.807) is 15.8 Å². The SMILES string of the molecule is CC(C)c1c(NC(=O)N2CCC(N3CCCC3=O)C2)cnn1-c1ccccc1Cl. The number of carbonyl (C=O) groups is 2. The highest BCUT2D eigenvalue weighted by atomic mass is 35.5. The fourth-order valence-corrected chi connectivity index (χ4v) is 4.47. The third kappa shape index (κ3) is 3.83. The Labute approximate surface area is 175 Å². The molecule has 7 nitrogen and oxygen atoms in total. The number of benzene rings is 1. The van der Waals surface area contributed by atoms with E-state index in [0.29, 0.717) is 30.2 Å². The van der Waals surface area contributed by atoms with Gasteiger partial charge < -0.3 is 15.1 Å². The molecule has 1 unspecified atom stereocenters. The number of carbonyl (C=O) groups excluding carboxylic acids is 2. The first-order chi connectivity index (χ1) is 14.0. The molecule has 2 aliphatic rings. The van der Waals surface area contributed by atoms with Gasteiger partial charge in [-0.1, -0.05) is 37.6 Å². The number of nitrogens with zero attached hydrogens (tertiary/aromatic N) is 4. The molecular weight excluding hydrogens is 390 g/mol. The summed E-state index contributed by atoms with van der Waals surface area (Å²) >= 11 is 6.36. The Morgan fingerprint density at radius 3 is 2.76 bits per heavy atom. The molecule has 2 fully saturated rings. The normalized spacial score (nSPS) is 19.4. The van der Waals surface area contributed by atoms with Gasteiger partial charge in [0.1, 0.15) is 0 Å². The third-order valence-corrected chi connectivity index (χ3v) is 6.00. The van der Waals surface area contributed by atoms with Gasteiger partial charge in [-0.3, -0.25) is 4.79 Å². The van der Waals surface area contributed by atoms with E-state index in [9.17, 15) is 9.59 Å². The Morgan fingerprint density at radius 2 is 2.07 bits per heavy atom. The lowest BCUT2D eigenvalue weighted by Gasteiger charge is -2.24. The second-order valence-electron chi connectivity index (χ2n) is 7.97. The molecule has 8 heteroatoms. The quantitative estimate of drug-likeness (QED) is 0.823. The van der Waals surface area contributed by atoms with E-state index in [2.05, 4.69) is 24.3 Å². The second-order valence-corrected chi connectivity index (χ2v) is 8.38. The molecule has 154 valence electrons. The molecule has 1 N–H and O–H groups in total. The number of rotatable bonds is 4. The van der Waals surface area contributed by atoms with Crippen molar-refractivity contribution in [2.75, 3.05) is 25.0 Å². The lowest BCUT2D eigenvalue weighted by atomic mass is 10.1. The van der Waals surface area contributed by atoms with Crippen LogP contribution in [0.5, 0.6) is 0 Å². The molecule has 0 bridgehead atoms. The molecule has 0 spiro atoms. The standard InChI is InChI=1S/C21H26ClN5O2/c1-14(2)20-17(12-23-27(20)18-7-4-3-6-16(18)22)24-21(29)25-11-9-15(13-25)26-10-5-8-19(26)28/h3-4,6-7,12,14-15H,5,8-11,13H2,1-2H3,(H,24,29). The molecule has 29 heavy (non-hydrogen) atoms. The highest BCUT2D eigenvalue weighted by Gasteiger charge is 2.35. The maximum absolute atomic E-state index is 12.9. The zero-order valence-corrected chi connectivity index (χ0v) is 17.5. The summed E-state index contributed by atoms with van der Waals surface area (Å²) in [4.78, 5) is 28.6. The molecule has 0 radical (unpaired) electrons. The van der Waals surface area contributed by atoms with Crippen molar-refractivity contribution in [1.82, 2.24) is 19.6 Å². The predicted octanol–water partition coefficient (Wildman–Crippen LogP) is 3.88. The first-order valence-electron chi connectivity index (χ1n) is 10.1. The minimum atomic E-state index is -0.153. The van der Waals surface area contributed by atoms with Crippen molar-refractivity contribution in [3.63, 3.8) is 0 Å². The number of likely N-dealkylation sites (tertiary alicyclic amines) is 2. The third-order valence-electron chi connectivity index (χ3n) is 5.68. The summed E-state index contributed by atoms with van der Waals surface area (Å²) in [5.41, 5.74) is 2.37. The van der Waals surface area contributed by atoms with Crippen molar-refractivity contribution in [2.45, 2.75) is 45.1 Å². The van der Waals surface area contributed by atoms with Crippen molar-refractivity contribution in [1.29, 1.82) is 0 Å². The molecule has 2 saturated heterocycles. The van der Waals surface area contributed by atoms with Crippen LogP contribution in [0, 0.1) is 0 Å². The van der Waals surface area contributed by atoms with Crippen molar-refractivity contribution < 1.29 is 9.59 Å². The van der Waals surface area contributed by atoms with Crippen LogP contribution in [0.1, 0.15) is 44.7 Å². The van der Waals surface area contributed by atoms with Crippen LogP contribution in [0.25, 0.3) is 5.69 Å². The number of hydrogen-bond donors (Lipinski definition) is 1. The Kier molecular flexibility index (Phi) is 5.50. The molecule has 2 aliphatic heterocycles. The first kappa shape index (κ1) is 19.8. The van der Waals surface area contributed by atoms with Crippen LogP contribution in [-0.4, -0.2) is 57.2 Å². The summed E-state index contributed by atoms with van der Waals surface area (Å²) in [6, 6.07) is 7.50. The number of amides is 3. The minimum absolute atomic E-state index is 0.131. The number of anilines is 1. The number of para-hydroxylation sites is 1. The number of hydrogen-bond acceptors (Lipinski definition) is 3. The van der Waals surface area contributed by atoms with Crippen LogP contribution in [0.3, 0.4) is 0 Å². The molecule has 0 saturated carbocycles. The highest BCUT2D eigenvalue weighted by molar-refractivity contribution is 6.32. The average Bonchev–Trinajstić information content (AvgIpc) is 3.41. The van der Waals surface area contributed by atoms with Crippen LogP contribution in [0.2, 0.25) is 5.02 Å². The molecule has 1 aromatic heterocycles. The van der Waals surface area contributed by atoms with Crippen molar-refractivity contribution in [3.8, 4) is 5.69 Å². The van der Waals surface area contributed by atoms with Crippen LogP contribution in [0.15, 0.2) is 30.5 Å². The van der Waals surface area contributed by atoms with Gasteiger partial charge in [-0.2, -0.15) is 5.10 Å². The Balaban J connectivity index is 1.50. The molecule has 3 amide bonds. The van der Waals surface area contributed by atoms with Gasteiger partial charge in [-0.15, -0.1) is 0 Å². The fraction of sp³-hybridized carbons (Fsp3) is 0.476. The van der Waals surface area contributed by atoms with Gasteiger partial charge in [0.25, 0.3) is 0 Å². The summed E-state index contributed by atoms with van der Waals surface area (Å²) in [6.45, 7) is 6.15. The van der Waals surface area contributed by atoms with Gasteiger partial charge in [0.05, 0.1) is 34.3 Å². The van der Waals surface area contributed by atoms with Gasteiger partial charge in [-0.05, 0) is 30.9 Å². The lowest BCUT2D eigenvalue weighted by molar-refractivity contribution is -0.129. The molecule has 4 rings (SSSR count). The zero-order chi connectivity index (χ0) is 20.5. The summed E-state index contributed by atoms with van der Waals surface area (Å²) in [5, 5.41) is 8.11. The molecular formula is C21H26ClN5O2. The van der Waals surface area contributed by atoms with Gasteiger partial charge in [0.15, 0.2) is 0 Å². The van der Waals surface area contributed by atoms with Crippen molar-refractivity contribution in [3.05, 3.63) is 41.2 Å². The Hall–Kier alpha value is -2.54. The van der Waals surface area contributed by atoms with E-state index >= 15 is 0 Å². The van der Waals surface area contributed by atoms with Crippen LogP contribution in [-0.2, 0) is 4.79 Å². The summed E-state index contributed by atoms with van der Waals surface area (Å²) in [6.07, 6.45) is 4.05. The maximum atomic E-state index is 12.9. The van der Waals surface area contributed by atoms with E-state index in [1.807, 2.05) is 29.2 Å². The van der Waals surface area contributed by atoms with Crippen molar-refractivity contribution in [2.24, 2.45) is 0 Å². The smallest absolute Gasteiger partial charge is 0.322 e. The molecule has 3 heterocycles.